The molecular formula is C14H24N2. The zero-order valence-electron chi connectivity index (χ0n) is 11.0. The zero-order chi connectivity index (χ0) is 12.0. The molecule has 0 aliphatic rings. The van der Waals surface area contributed by atoms with Gasteiger partial charge in [0.1, 0.15) is 0 Å². The van der Waals surface area contributed by atoms with Gasteiger partial charge in [-0.3, -0.25) is 4.98 Å². The molecule has 0 saturated heterocycles. The van der Waals surface area contributed by atoms with Gasteiger partial charge in [0.05, 0.1) is 0 Å². The predicted octanol–water partition coefficient (Wildman–Crippen LogP) is 3.48. The summed E-state index contributed by atoms with van der Waals surface area (Å²) in [6, 6.07) is 2.60. The lowest BCUT2D eigenvalue weighted by Crippen LogP contribution is -2.20. The molecule has 2 atom stereocenters. The summed E-state index contributed by atoms with van der Waals surface area (Å²) in [7, 11) is 2.04. The fraction of sp³-hybridized carbons (Fsp3) is 0.643. The zero-order valence-corrected chi connectivity index (χ0v) is 11.0. The molecule has 0 amide bonds. The molecular weight excluding hydrogens is 196 g/mol. The molecule has 1 heterocycles. The summed E-state index contributed by atoms with van der Waals surface area (Å²) >= 11 is 0. The number of aromatic nitrogens is 1. The van der Waals surface area contributed by atoms with Gasteiger partial charge in [0.15, 0.2) is 0 Å². The van der Waals surface area contributed by atoms with Gasteiger partial charge in [-0.15, -0.1) is 0 Å². The van der Waals surface area contributed by atoms with Gasteiger partial charge in [-0.2, -0.15) is 0 Å². The van der Waals surface area contributed by atoms with E-state index in [2.05, 4.69) is 37.1 Å². The van der Waals surface area contributed by atoms with Crippen molar-refractivity contribution in [1.29, 1.82) is 0 Å². The van der Waals surface area contributed by atoms with E-state index in [-0.39, 0.29) is 0 Å². The molecule has 0 spiro atoms. The highest BCUT2D eigenvalue weighted by Gasteiger charge is 2.14. The number of hydrogen-bond donors (Lipinski definition) is 1. The summed E-state index contributed by atoms with van der Waals surface area (Å²) in [6.45, 7) is 6.73. The van der Waals surface area contributed by atoms with Gasteiger partial charge in [0.25, 0.3) is 0 Å². The van der Waals surface area contributed by atoms with Gasteiger partial charge >= 0.3 is 0 Å². The van der Waals surface area contributed by atoms with E-state index in [1.165, 1.54) is 30.4 Å². The summed E-state index contributed by atoms with van der Waals surface area (Å²) in [5, 5.41) is 3.42. The predicted molar refractivity (Wildman–Crippen MR) is 69.5 cm³/mol. The van der Waals surface area contributed by atoms with Gasteiger partial charge in [-0.05, 0) is 43.5 Å². The smallest absolute Gasteiger partial charge is 0.0323 e. The van der Waals surface area contributed by atoms with Crippen LogP contribution in [-0.2, 0) is 0 Å². The minimum atomic E-state index is 0.463. The number of rotatable bonds is 6. The molecule has 2 nitrogen and oxygen atoms in total. The van der Waals surface area contributed by atoms with Crippen molar-refractivity contribution in [3.63, 3.8) is 0 Å². The molecule has 0 aliphatic carbocycles. The molecule has 1 aromatic heterocycles. The molecule has 0 aromatic carbocycles. The van der Waals surface area contributed by atoms with E-state index in [0.717, 1.165) is 5.92 Å². The van der Waals surface area contributed by atoms with Crippen LogP contribution in [-0.4, -0.2) is 12.0 Å². The van der Waals surface area contributed by atoms with E-state index < -0.39 is 0 Å². The Morgan fingerprint density at radius 2 is 2.19 bits per heavy atom. The van der Waals surface area contributed by atoms with Crippen LogP contribution in [0.1, 0.15) is 50.3 Å². The van der Waals surface area contributed by atoms with Crippen LogP contribution in [0.2, 0.25) is 0 Å². The Balaban J connectivity index is 2.71. The number of hydrogen-bond acceptors (Lipinski definition) is 2. The van der Waals surface area contributed by atoms with Crippen molar-refractivity contribution in [2.24, 2.45) is 5.92 Å². The first-order chi connectivity index (χ1) is 7.69. The second-order valence-electron chi connectivity index (χ2n) is 4.70. The van der Waals surface area contributed by atoms with Crippen LogP contribution >= 0.6 is 0 Å². The average molecular weight is 220 g/mol. The summed E-state index contributed by atoms with van der Waals surface area (Å²) < 4.78 is 0. The van der Waals surface area contributed by atoms with Crippen LogP contribution in [0.25, 0.3) is 0 Å². The highest BCUT2D eigenvalue weighted by Crippen LogP contribution is 2.25. The van der Waals surface area contributed by atoms with Gasteiger partial charge in [0, 0.05) is 18.4 Å². The number of aryl methyl sites for hydroxylation is 1. The van der Waals surface area contributed by atoms with Crippen LogP contribution in [0, 0.1) is 12.8 Å². The highest BCUT2D eigenvalue weighted by atomic mass is 14.9. The van der Waals surface area contributed by atoms with Crippen LogP contribution in [0.3, 0.4) is 0 Å². The standard InChI is InChI=1S/C14H24N2/c1-5-6-11(2)9-14(15-4)13-7-8-16-10-12(13)3/h7-8,10-11,14-15H,5-6,9H2,1-4H3. The lowest BCUT2D eigenvalue weighted by molar-refractivity contribution is 0.406. The van der Waals surface area contributed by atoms with Gasteiger partial charge < -0.3 is 5.32 Å². The van der Waals surface area contributed by atoms with Gasteiger partial charge in [0.2, 0.25) is 0 Å². The van der Waals surface area contributed by atoms with Gasteiger partial charge in [-0.1, -0.05) is 26.7 Å². The third kappa shape index (κ3) is 3.60. The summed E-state index contributed by atoms with van der Waals surface area (Å²) in [5.74, 6) is 0.773. The number of nitrogens with zero attached hydrogens (tertiary/aromatic N) is 1. The van der Waals surface area contributed by atoms with Crippen molar-refractivity contribution in [3.05, 3.63) is 29.6 Å². The molecule has 2 unspecified atom stereocenters. The normalized spacial score (nSPS) is 14.8. The van der Waals surface area contributed by atoms with Crippen LogP contribution in [0.15, 0.2) is 18.5 Å². The summed E-state index contributed by atoms with van der Waals surface area (Å²) in [4.78, 5) is 4.15. The Bertz CT molecular complexity index is 309. The largest absolute Gasteiger partial charge is 0.313 e. The maximum absolute atomic E-state index is 4.15. The fourth-order valence-electron chi connectivity index (χ4n) is 2.29. The lowest BCUT2D eigenvalue weighted by atomic mass is 9.92. The topological polar surface area (TPSA) is 24.9 Å². The molecule has 90 valence electrons. The van der Waals surface area contributed by atoms with Crippen LogP contribution < -0.4 is 5.32 Å². The third-order valence-electron chi connectivity index (χ3n) is 3.21. The lowest BCUT2D eigenvalue weighted by Gasteiger charge is -2.22. The summed E-state index contributed by atoms with van der Waals surface area (Å²) in [6.07, 6.45) is 7.62. The van der Waals surface area contributed by atoms with E-state index in [1.807, 2.05) is 19.4 Å². The number of nitrogens with one attached hydrogen (secondary N) is 1. The molecule has 2 heteroatoms. The monoisotopic (exact) mass is 220 g/mol. The number of pyridine rings is 1. The summed E-state index contributed by atoms with van der Waals surface area (Å²) in [5.41, 5.74) is 2.67. The molecule has 0 aliphatic heterocycles. The van der Waals surface area contributed by atoms with E-state index in [4.69, 9.17) is 0 Å². The maximum Gasteiger partial charge on any atom is 0.0323 e. The molecule has 0 fully saturated rings. The minimum Gasteiger partial charge on any atom is -0.313 e. The first-order valence-corrected chi connectivity index (χ1v) is 6.26. The maximum atomic E-state index is 4.15. The first kappa shape index (κ1) is 13.2. The second kappa shape index (κ2) is 6.64. The van der Waals surface area contributed by atoms with Crippen molar-refractivity contribution in [2.45, 2.75) is 46.1 Å². The van der Waals surface area contributed by atoms with E-state index in [9.17, 15) is 0 Å². The Morgan fingerprint density at radius 3 is 2.75 bits per heavy atom. The van der Waals surface area contributed by atoms with Crippen molar-refractivity contribution in [3.8, 4) is 0 Å². The quantitative estimate of drug-likeness (QED) is 0.794. The average Bonchev–Trinajstić information content (AvgIpc) is 2.27. The molecule has 16 heavy (non-hydrogen) atoms. The molecule has 0 saturated carbocycles. The van der Waals surface area contributed by atoms with Crippen LogP contribution in [0.4, 0.5) is 0 Å². The van der Waals surface area contributed by atoms with Gasteiger partial charge in [-0.25, -0.2) is 0 Å². The Labute approximate surface area is 99.5 Å². The van der Waals surface area contributed by atoms with E-state index in [0.29, 0.717) is 6.04 Å². The molecule has 1 aromatic rings. The molecule has 1 N–H and O–H groups in total. The highest BCUT2D eigenvalue weighted by molar-refractivity contribution is 5.25. The fourth-order valence-corrected chi connectivity index (χ4v) is 2.29. The third-order valence-corrected chi connectivity index (χ3v) is 3.21. The van der Waals surface area contributed by atoms with Crippen molar-refractivity contribution < 1.29 is 0 Å². The minimum absolute atomic E-state index is 0.463. The Morgan fingerprint density at radius 1 is 1.44 bits per heavy atom. The van der Waals surface area contributed by atoms with Crippen LogP contribution in [0.5, 0.6) is 0 Å². The molecule has 0 radical (unpaired) electrons. The molecule has 1 rings (SSSR count). The van der Waals surface area contributed by atoms with Crippen molar-refractivity contribution in [2.75, 3.05) is 7.05 Å². The van der Waals surface area contributed by atoms with Crippen molar-refractivity contribution >= 4 is 0 Å². The molecule has 0 bridgehead atoms. The van der Waals surface area contributed by atoms with E-state index in [1.54, 1.807) is 0 Å². The van der Waals surface area contributed by atoms with Crippen molar-refractivity contribution in [1.82, 2.24) is 10.3 Å². The first-order valence-electron chi connectivity index (χ1n) is 6.26. The van der Waals surface area contributed by atoms with E-state index >= 15 is 0 Å². The Kier molecular flexibility index (Phi) is 5.47. The SMILES string of the molecule is CCCC(C)CC(NC)c1ccncc1C. The second-order valence-corrected chi connectivity index (χ2v) is 4.70. The Hall–Kier alpha value is -0.890.